The molecule has 0 radical (unpaired) electrons. The van der Waals surface area contributed by atoms with Crippen molar-refractivity contribution in [3.05, 3.63) is 35.9 Å². The van der Waals surface area contributed by atoms with E-state index in [0.717, 1.165) is 26.1 Å². The van der Waals surface area contributed by atoms with Crippen molar-refractivity contribution >= 4 is 15.9 Å². The van der Waals surface area contributed by atoms with Crippen LogP contribution < -0.4 is 5.32 Å². The van der Waals surface area contributed by atoms with Gasteiger partial charge in [-0.1, -0.05) is 51.1 Å². The number of carbonyl (C=O) groups excluding carboxylic acids is 1. The average molecular weight is 396 g/mol. The molecule has 0 bridgehead atoms. The Kier molecular flexibility index (Phi) is 7.82. The first-order valence-corrected chi connectivity index (χ1v) is 11.3. The Morgan fingerprint density at radius 1 is 1.07 bits per heavy atom. The summed E-state index contributed by atoms with van der Waals surface area (Å²) in [5.74, 6) is -0.129. The summed E-state index contributed by atoms with van der Waals surface area (Å²) < 4.78 is 26.5. The van der Waals surface area contributed by atoms with E-state index in [2.05, 4.69) is 22.3 Å². The van der Waals surface area contributed by atoms with E-state index in [4.69, 9.17) is 0 Å². The van der Waals surface area contributed by atoms with Gasteiger partial charge in [0.15, 0.2) is 0 Å². The van der Waals surface area contributed by atoms with E-state index in [9.17, 15) is 13.2 Å². The molecule has 7 heteroatoms. The lowest BCUT2D eigenvalue weighted by Gasteiger charge is -2.34. The fraction of sp³-hybridized carbons (Fsp3) is 0.650. The zero-order valence-corrected chi connectivity index (χ0v) is 17.6. The second-order valence-electron chi connectivity index (χ2n) is 8.38. The van der Waals surface area contributed by atoms with Crippen LogP contribution in [0.25, 0.3) is 0 Å². The highest BCUT2D eigenvalue weighted by Gasteiger charge is 2.26. The van der Waals surface area contributed by atoms with Crippen LogP contribution >= 0.6 is 0 Å². The second-order valence-corrected chi connectivity index (χ2v) is 10.5. The van der Waals surface area contributed by atoms with Crippen LogP contribution in [0.5, 0.6) is 0 Å². The zero-order valence-electron chi connectivity index (χ0n) is 16.8. The van der Waals surface area contributed by atoms with Crippen LogP contribution in [0, 0.1) is 5.41 Å². The first-order chi connectivity index (χ1) is 12.7. The molecule has 1 saturated heterocycles. The van der Waals surface area contributed by atoms with Crippen LogP contribution in [0.4, 0.5) is 0 Å². The van der Waals surface area contributed by atoms with E-state index >= 15 is 0 Å². The van der Waals surface area contributed by atoms with Crippen molar-refractivity contribution in [2.75, 3.05) is 45.0 Å². The van der Waals surface area contributed by atoms with Crippen molar-refractivity contribution in [2.24, 2.45) is 5.41 Å². The molecule has 1 aliphatic rings. The molecule has 1 aromatic carbocycles. The SMILES string of the molecule is CC(C)(C)CC(=O)NCCS(=O)(=O)N1CCN(CCc2ccccc2)CC1. The Balaban J connectivity index is 1.70. The van der Waals surface area contributed by atoms with Gasteiger partial charge >= 0.3 is 0 Å². The summed E-state index contributed by atoms with van der Waals surface area (Å²) in [6, 6.07) is 10.3. The Labute approximate surface area is 164 Å². The number of carbonyl (C=O) groups is 1. The summed E-state index contributed by atoms with van der Waals surface area (Å²) in [5.41, 5.74) is 1.21. The highest BCUT2D eigenvalue weighted by molar-refractivity contribution is 7.89. The van der Waals surface area contributed by atoms with Gasteiger partial charge in [0, 0.05) is 45.7 Å². The Morgan fingerprint density at radius 3 is 2.30 bits per heavy atom. The number of nitrogens with one attached hydrogen (secondary N) is 1. The molecule has 1 fully saturated rings. The molecule has 0 spiro atoms. The van der Waals surface area contributed by atoms with Gasteiger partial charge in [-0.15, -0.1) is 0 Å². The maximum Gasteiger partial charge on any atom is 0.220 e. The first-order valence-electron chi connectivity index (χ1n) is 9.66. The first kappa shape index (κ1) is 21.9. The maximum atomic E-state index is 12.5. The molecule has 27 heavy (non-hydrogen) atoms. The largest absolute Gasteiger partial charge is 0.355 e. The monoisotopic (exact) mass is 395 g/mol. The molecular formula is C20H33N3O3S. The molecule has 0 aliphatic carbocycles. The molecule has 1 N–H and O–H groups in total. The molecule has 2 rings (SSSR count). The molecule has 1 aromatic rings. The quantitative estimate of drug-likeness (QED) is 0.728. The number of hydrogen-bond acceptors (Lipinski definition) is 4. The van der Waals surface area contributed by atoms with E-state index in [-0.39, 0.29) is 23.6 Å². The number of benzene rings is 1. The molecule has 1 amide bonds. The summed E-state index contributed by atoms with van der Waals surface area (Å²) in [6.07, 6.45) is 1.38. The summed E-state index contributed by atoms with van der Waals surface area (Å²) in [5, 5.41) is 2.73. The number of hydrogen-bond donors (Lipinski definition) is 1. The predicted octanol–water partition coefficient (Wildman–Crippen LogP) is 1.73. The molecule has 152 valence electrons. The van der Waals surface area contributed by atoms with E-state index in [0.29, 0.717) is 19.5 Å². The Hall–Kier alpha value is -1.44. The van der Waals surface area contributed by atoms with Crippen LogP contribution in [-0.2, 0) is 21.2 Å². The molecule has 1 aliphatic heterocycles. The normalized spacial score (nSPS) is 17.0. The summed E-state index contributed by atoms with van der Waals surface area (Å²) >= 11 is 0. The standard InChI is InChI=1S/C20H33N3O3S/c1-20(2,3)17-19(24)21-10-16-27(25,26)23-14-12-22(13-15-23)11-9-18-7-5-4-6-8-18/h4-8H,9-17H2,1-3H3,(H,21,24). The third-order valence-electron chi connectivity index (χ3n) is 4.66. The minimum absolute atomic E-state index is 0.0348. The second kappa shape index (κ2) is 9.66. The highest BCUT2D eigenvalue weighted by Crippen LogP contribution is 2.17. The minimum Gasteiger partial charge on any atom is -0.355 e. The van der Waals surface area contributed by atoms with Crippen molar-refractivity contribution in [3.8, 4) is 0 Å². The average Bonchev–Trinajstić information content (AvgIpc) is 2.59. The van der Waals surface area contributed by atoms with Crippen molar-refractivity contribution in [2.45, 2.75) is 33.6 Å². The Bertz CT molecular complexity index is 691. The molecule has 6 nitrogen and oxygen atoms in total. The predicted molar refractivity (Wildman–Crippen MR) is 109 cm³/mol. The summed E-state index contributed by atoms with van der Waals surface area (Å²) in [7, 11) is -3.32. The fourth-order valence-corrected chi connectivity index (χ4v) is 4.49. The van der Waals surface area contributed by atoms with Gasteiger partial charge < -0.3 is 10.2 Å². The van der Waals surface area contributed by atoms with Crippen LogP contribution in [-0.4, -0.2) is 68.6 Å². The van der Waals surface area contributed by atoms with Gasteiger partial charge in [0.1, 0.15) is 0 Å². The van der Waals surface area contributed by atoms with Gasteiger partial charge in [0.05, 0.1) is 5.75 Å². The van der Waals surface area contributed by atoms with Crippen LogP contribution in [0.2, 0.25) is 0 Å². The van der Waals surface area contributed by atoms with E-state index in [1.54, 1.807) is 4.31 Å². The van der Waals surface area contributed by atoms with E-state index in [1.807, 2.05) is 39.0 Å². The van der Waals surface area contributed by atoms with Crippen molar-refractivity contribution in [1.82, 2.24) is 14.5 Å². The summed E-state index contributed by atoms with van der Waals surface area (Å²) in [4.78, 5) is 14.1. The minimum atomic E-state index is -3.32. The maximum absolute atomic E-state index is 12.5. The number of nitrogens with zero attached hydrogens (tertiary/aromatic N) is 2. The lowest BCUT2D eigenvalue weighted by molar-refractivity contribution is -0.122. The van der Waals surface area contributed by atoms with Crippen molar-refractivity contribution < 1.29 is 13.2 Å². The number of rotatable bonds is 8. The number of piperazine rings is 1. The van der Waals surface area contributed by atoms with Crippen molar-refractivity contribution in [3.63, 3.8) is 0 Å². The molecule has 1 heterocycles. The lowest BCUT2D eigenvalue weighted by Crippen LogP contribution is -2.50. The topological polar surface area (TPSA) is 69.7 Å². The van der Waals surface area contributed by atoms with Gasteiger partial charge in [-0.2, -0.15) is 4.31 Å². The highest BCUT2D eigenvalue weighted by atomic mass is 32.2. The van der Waals surface area contributed by atoms with Gasteiger partial charge in [-0.3, -0.25) is 4.79 Å². The third kappa shape index (κ3) is 7.99. The molecule has 0 saturated carbocycles. The van der Waals surface area contributed by atoms with E-state index < -0.39 is 10.0 Å². The Morgan fingerprint density at radius 2 is 1.70 bits per heavy atom. The van der Waals surface area contributed by atoms with Gasteiger partial charge in [0.25, 0.3) is 0 Å². The van der Waals surface area contributed by atoms with Crippen molar-refractivity contribution in [1.29, 1.82) is 0 Å². The van der Waals surface area contributed by atoms with E-state index in [1.165, 1.54) is 5.56 Å². The fourth-order valence-electron chi connectivity index (χ4n) is 3.16. The molecule has 0 atom stereocenters. The van der Waals surface area contributed by atoms with Gasteiger partial charge in [0.2, 0.25) is 15.9 Å². The molecule has 0 unspecified atom stereocenters. The molecule has 0 aromatic heterocycles. The molecular weight excluding hydrogens is 362 g/mol. The van der Waals surface area contributed by atoms with Gasteiger partial charge in [-0.05, 0) is 17.4 Å². The zero-order chi connectivity index (χ0) is 19.9. The van der Waals surface area contributed by atoms with Crippen LogP contribution in [0.1, 0.15) is 32.8 Å². The van der Waals surface area contributed by atoms with Crippen LogP contribution in [0.15, 0.2) is 30.3 Å². The van der Waals surface area contributed by atoms with Gasteiger partial charge in [-0.25, -0.2) is 8.42 Å². The number of amides is 1. The van der Waals surface area contributed by atoms with Crippen LogP contribution in [0.3, 0.4) is 0 Å². The number of sulfonamides is 1. The third-order valence-corrected chi connectivity index (χ3v) is 6.53. The lowest BCUT2D eigenvalue weighted by atomic mass is 9.92. The summed E-state index contributed by atoms with van der Waals surface area (Å²) in [6.45, 7) is 9.62. The smallest absolute Gasteiger partial charge is 0.220 e.